The number of hydrogen-bond acceptors (Lipinski definition) is 5. The summed E-state index contributed by atoms with van der Waals surface area (Å²) in [5.74, 6) is 1.38. The minimum atomic E-state index is -0.116. The van der Waals surface area contributed by atoms with Gasteiger partial charge in [0, 0.05) is 23.6 Å². The van der Waals surface area contributed by atoms with E-state index in [9.17, 15) is 0 Å². The quantitative estimate of drug-likeness (QED) is 0.692. The predicted octanol–water partition coefficient (Wildman–Crippen LogP) is 3.31. The third kappa shape index (κ3) is 2.70. The Morgan fingerprint density at radius 2 is 2.10 bits per heavy atom. The fourth-order valence-corrected chi connectivity index (χ4v) is 2.41. The molecule has 6 heteroatoms. The lowest BCUT2D eigenvalue weighted by molar-refractivity contribution is 0.347. The van der Waals surface area contributed by atoms with Gasteiger partial charge in [-0.15, -0.1) is 10.2 Å². The number of thioether (sulfide) groups is 1. The van der Waals surface area contributed by atoms with Crippen LogP contribution in [0, 0.1) is 0 Å². The second-order valence-corrected chi connectivity index (χ2v) is 6.54. The van der Waals surface area contributed by atoms with E-state index in [0.29, 0.717) is 16.9 Å². The third-order valence-electron chi connectivity index (χ3n) is 2.81. The average Bonchev–Trinajstić information content (AvgIpc) is 3.02. The molecule has 0 bridgehead atoms. The van der Waals surface area contributed by atoms with Crippen molar-refractivity contribution in [2.45, 2.75) is 37.2 Å². The highest BCUT2D eigenvalue weighted by molar-refractivity contribution is 7.98. The molecule has 0 amide bonds. The van der Waals surface area contributed by atoms with Crippen LogP contribution in [0.2, 0.25) is 0 Å². The van der Waals surface area contributed by atoms with Crippen LogP contribution in [0.25, 0.3) is 5.65 Å². The molecule has 0 aromatic carbocycles. The lowest BCUT2D eigenvalue weighted by Gasteiger charge is -2.10. The summed E-state index contributed by atoms with van der Waals surface area (Å²) in [5.41, 5.74) is 1.83. The molecule has 0 aliphatic rings. The molecule has 0 fully saturated rings. The zero-order valence-electron chi connectivity index (χ0n) is 11.7. The van der Waals surface area contributed by atoms with E-state index in [0.717, 1.165) is 11.3 Å². The fraction of sp³-hybridized carbons (Fsp3) is 0.357. The molecule has 0 unspecified atom stereocenters. The van der Waals surface area contributed by atoms with Crippen molar-refractivity contribution >= 4 is 17.4 Å². The van der Waals surface area contributed by atoms with Crippen molar-refractivity contribution in [3.8, 4) is 0 Å². The van der Waals surface area contributed by atoms with Gasteiger partial charge >= 0.3 is 0 Å². The first-order chi connectivity index (χ1) is 9.52. The van der Waals surface area contributed by atoms with E-state index in [1.165, 1.54) is 11.8 Å². The van der Waals surface area contributed by atoms with Crippen molar-refractivity contribution in [2.24, 2.45) is 0 Å². The third-order valence-corrected chi connectivity index (χ3v) is 3.66. The van der Waals surface area contributed by atoms with E-state index in [4.69, 9.17) is 4.42 Å². The predicted molar refractivity (Wildman–Crippen MR) is 77.8 cm³/mol. The first-order valence-corrected chi connectivity index (χ1v) is 7.40. The molecule has 0 radical (unpaired) electrons. The van der Waals surface area contributed by atoms with Gasteiger partial charge < -0.3 is 8.82 Å². The molecular weight excluding hydrogens is 272 g/mol. The first kappa shape index (κ1) is 13.2. The molecule has 3 aromatic heterocycles. The van der Waals surface area contributed by atoms with E-state index in [1.54, 1.807) is 0 Å². The maximum absolute atomic E-state index is 5.65. The first-order valence-electron chi connectivity index (χ1n) is 6.42. The van der Waals surface area contributed by atoms with E-state index in [-0.39, 0.29) is 5.41 Å². The molecule has 3 heterocycles. The van der Waals surface area contributed by atoms with Crippen LogP contribution in [-0.2, 0) is 11.2 Å². The average molecular weight is 288 g/mol. The molecule has 3 aromatic rings. The van der Waals surface area contributed by atoms with Crippen molar-refractivity contribution in [1.29, 1.82) is 0 Å². The van der Waals surface area contributed by atoms with E-state index < -0.39 is 0 Å². The van der Waals surface area contributed by atoms with Gasteiger partial charge in [-0.3, -0.25) is 0 Å². The highest BCUT2D eigenvalue weighted by Gasteiger charge is 2.21. The van der Waals surface area contributed by atoms with Gasteiger partial charge in [0.05, 0.1) is 5.69 Å². The number of aromatic nitrogens is 4. The van der Waals surface area contributed by atoms with Gasteiger partial charge in [0.2, 0.25) is 5.89 Å². The maximum atomic E-state index is 5.65. The second-order valence-electron chi connectivity index (χ2n) is 5.61. The Morgan fingerprint density at radius 1 is 1.25 bits per heavy atom. The summed E-state index contributed by atoms with van der Waals surface area (Å²) in [5, 5.41) is 8.73. The van der Waals surface area contributed by atoms with Crippen LogP contribution in [0.1, 0.15) is 32.4 Å². The lowest BCUT2D eigenvalue weighted by atomic mass is 9.97. The Hall–Kier alpha value is -1.82. The smallest absolute Gasteiger partial charge is 0.276 e. The molecule has 104 valence electrons. The second kappa shape index (κ2) is 4.94. The minimum Gasteiger partial charge on any atom is -0.415 e. The van der Waals surface area contributed by atoms with E-state index >= 15 is 0 Å². The highest BCUT2D eigenvalue weighted by atomic mass is 32.2. The van der Waals surface area contributed by atoms with Crippen LogP contribution in [-0.4, -0.2) is 19.6 Å². The minimum absolute atomic E-state index is 0.116. The fourth-order valence-electron chi connectivity index (χ4n) is 1.76. The van der Waals surface area contributed by atoms with Crippen LogP contribution in [0.15, 0.2) is 40.2 Å². The van der Waals surface area contributed by atoms with Crippen molar-refractivity contribution in [2.75, 3.05) is 0 Å². The molecule has 5 nitrogen and oxygen atoms in total. The topological polar surface area (TPSA) is 56.2 Å². The normalized spacial score (nSPS) is 12.2. The molecule has 0 spiro atoms. The molecule has 20 heavy (non-hydrogen) atoms. The van der Waals surface area contributed by atoms with Gasteiger partial charge in [-0.1, -0.05) is 38.6 Å². The van der Waals surface area contributed by atoms with Gasteiger partial charge in [0.15, 0.2) is 0 Å². The van der Waals surface area contributed by atoms with Crippen LogP contribution in [0.4, 0.5) is 0 Å². The Balaban J connectivity index is 1.71. The van der Waals surface area contributed by atoms with Gasteiger partial charge in [-0.05, 0) is 12.1 Å². The Kier molecular flexibility index (Phi) is 3.25. The number of nitrogens with zero attached hydrogens (tertiary/aromatic N) is 4. The molecule has 0 atom stereocenters. The lowest BCUT2D eigenvalue weighted by Crippen LogP contribution is -2.11. The maximum Gasteiger partial charge on any atom is 0.276 e. The molecule has 3 rings (SSSR count). The standard InChI is InChI=1S/C14H16N4OS/c1-14(2,3)12-16-17-13(19-12)20-9-10-8-18-7-5-4-6-11(18)15-10/h4-8H,9H2,1-3H3. The summed E-state index contributed by atoms with van der Waals surface area (Å²) in [6.07, 6.45) is 4.00. The number of pyridine rings is 1. The van der Waals surface area contributed by atoms with Gasteiger partial charge in [-0.25, -0.2) is 4.98 Å². The zero-order valence-corrected chi connectivity index (χ0v) is 12.5. The summed E-state index contributed by atoms with van der Waals surface area (Å²) >= 11 is 1.51. The Morgan fingerprint density at radius 3 is 2.80 bits per heavy atom. The largest absolute Gasteiger partial charge is 0.415 e. The van der Waals surface area contributed by atoms with Crippen LogP contribution in [0.3, 0.4) is 0 Å². The van der Waals surface area contributed by atoms with Crippen LogP contribution in [0.5, 0.6) is 0 Å². The van der Waals surface area contributed by atoms with Gasteiger partial charge in [-0.2, -0.15) is 0 Å². The SMILES string of the molecule is CC(C)(C)c1nnc(SCc2cn3ccccc3n2)o1. The van der Waals surface area contributed by atoms with Gasteiger partial charge in [0.1, 0.15) is 5.65 Å². The molecule has 0 aliphatic heterocycles. The van der Waals surface area contributed by atoms with Gasteiger partial charge in [0.25, 0.3) is 5.22 Å². The number of hydrogen-bond donors (Lipinski definition) is 0. The zero-order chi connectivity index (χ0) is 14.2. The summed E-state index contributed by atoms with van der Waals surface area (Å²) in [4.78, 5) is 4.54. The number of fused-ring (bicyclic) bond motifs is 1. The van der Waals surface area contributed by atoms with Crippen LogP contribution < -0.4 is 0 Å². The monoisotopic (exact) mass is 288 g/mol. The molecular formula is C14H16N4OS. The molecule has 0 aliphatic carbocycles. The van der Waals surface area contributed by atoms with E-state index in [2.05, 4.69) is 36.0 Å². The molecule has 0 N–H and O–H groups in total. The van der Waals surface area contributed by atoms with E-state index in [1.807, 2.05) is 35.0 Å². The van der Waals surface area contributed by atoms with Crippen molar-refractivity contribution < 1.29 is 4.42 Å². The van der Waals surface area contributed by atoms with Crippen molar-refractivity contribution in [3.63, 3.8) is 0 Å². The van der Waals surface area contributed by atoms with Crippen molar-refractivity contribution in [3.05, 3.63) is 42.2 Å². The molecule has 0 saturated heterocycles. The molecule has 0 saturated carbocycles. The Labute approximate surface area is 121 Å². The number of imidazole rings is 1. The Bertz CT molecular complexity index is 693. The van der Waals surface area contributed by atoms with Crippen LogP contribution >= 0.6 is 11.8 Å². The summed E-state index contributed by atoms with van der Waals surface area (Å²) in [7, 11) is 0. The summed E-state index contributed by atoms with van der Waals surface area (Å²) in [6, 6.07) is 5.95. The summed E-state index contributed by atoms with van der Waals surface area (Å²) < 4.78 is 7.65. The van der Waals surface area contributed by atoms with Crippen molar-refractivity contribution in [1.82, 2.24) is 19.6 Å². The summed E-state index contributed by atoms with van der Waals surface area (Å²) in [6.45, 7) is 6.16. The highest BCUT2D eigenvalue weighted by Crippen LogP contribution is 2.26. The number of rotatable bonds is 3.